The fourth-order valence-corrected chi connectivity index (χ4v) is 2.95. The van der Waals surface area contributed by atoms with Crippen LogP contribution in [0.5, 0.6) is 0 Å². The van der Waals surface area contributed by atoms with E-state index in [2.05, 4.69) is 26.0 Å². The van der Waals surface area contributed by atoms with E-state index in [0.717, 1.165) is 0 Å². The number of nitrogens with one attached hydrogen (secondary N) is 2. The molecule has 0 spiro atoms. The smallest absolute Gasteiger partial charge is 0.234 e. The highest BCUT2D eigenvalue weighted by atomic mass is 79.9. The molecule has 0 heterocycles. The summed E-state index contributed by atoms with van der Waals surface area (Å²) in [5.41, 5.74) is 0.451. The summed E-state index contributed by atoms with van der Waals surface area (Å²) in [6.07, 6.45) is 0. The summed E-state index contributed by atoms with van der Waals surface area (Å²) < 4.78 is 26.7. The number of benzene rings is 1. The Bertz CT molecular complexity index is 506. The van der Waals surface area contributed by atoms with Crippen LogP contribution in [0.25, 0.3) is 0 Å². The molecule has 0 amide bonds. The van der Waals surface area contributed by atoms with Crippen molar-refractivity contribution in [2.24, 2.45) is 0 Å². The van der Waals surface area contributed by atoms with Gasteiger partial charge in [-0.15, -0.1) is 0 Å². The molecule has 1 rings (SSSR count). The van der Waals surface area contributed by atoms with Gasteiger partial charge in [-0.2, -0.15) is 0 Å². The van der Waals surface area contributed by atoms with Crippen molar-refractivity contribution in [3.8, 4) is 0 Å². The second-order valence-corrected chi connectivity index (χ2v) is 7.17. The van der Waals surface area contributed by atoms with E-state index >= 15 is 0 Å². The number of hydrogen-bond donors (Lipinski definition) is 2. The van der Waals surface area contributed by atoms with Gasteiger partial charge in [0.25, 0.3) is 0 Å². The Kier molecular flexibility index (Phi) is 5.91. The summed E-state index contributed by atoms with van der Waals surface area (Å²) >= 11 is 9.14. The van der Waals surface area contributed by atoms with Crippen LogP contribution >= 0.6 is 27.5 Å². The van der Waals surface area contributed by atoms with E-state index in [4.69, 9.17) is 11.6 Å². The SMILES string of the molecule is CC(C)NCCS(=O)(=O)Nc1cccc(Cl)c1Br. The van der Waals surface area contributed by atoms with E-state index in [-0.39, 0.29) is 11.8 Å². The molecule has 0 saturated heterocycles. The minimum absolute atomic E-state index is 0.0180. The lowest BCUT2D eigenvalue weighted by Crippen LogP contribution is -2.31. The Morgan fingerprint density at radius 1 is 1.39 bits per heavy atom. The first-order valence-electron chi connectivity index (χ1n) is 5.50. The molecule has 1 aromatic carbocycles. The molecule has 4 nitrogen and oxygen atoms in total. The van der Waals surface area contributed by atoms with Crippen molar-refractivity contribution in [1.82, 2.24) is 5.32 Å². The first-order chi connectivity index (χ1) is 8.32. The van der Waals surface area contributed by atoms with Crippen molar-refractivity contribution in [1.29, 1.82) is 0 Å². The molecule has 18 heavy (non-hydrogen) atoms. The van der Waals surface area contributed by atoms with Gasteiger partial charge in [0.05, 0.1) is 20.9 Å². The van der Waals surface area contributed by atoms with Crippen molar-refractivity contribution in [2.75, 3.05) is 17.0 Å². The molecule has 0 aliphatic carbocycles. The van der Waals surface area contributed by atoms with Crippen LogP contribution in [0.1, 0.15) is 13.8 Å². The van der Waals surface area contributed by atoms with Crippen molar-refractivity contribution in [3.63, 3.8) is 0 Å². The molecule has 0 aliphatic rings. The van der Waals surface area contributed by atoms with Crippen molar-refractivity contribution in [2.45, 2.75) is 19.9 Å². The van der Waals surface area contributed by atoms with Gasteiger partial charge in [-0.05, 0) is 28.1 Å². The van der Waals surface area contributed by atoms with Crippen molar-refractivity contribution in [3.05, 3.63) is 27.7 Å². The topological polar surface area (TPSA) is 58.2 Å². The Hall–Kier alpha value is -0.300. The van der Waals surface area contributed by atoms with Gasteiger partial charge in [-0.3, -0.25) is 4.72 Å². The summed E-state index contributed by atoms with van der Waals surface area (Å²) in [5.74, 6) is 0.0180. The van der Waals surface area contributed by atoms with Gasteiger partial charge in [0, 0.05) is 12.6 Å². The molecule has 1 aromatic rings. The van der Waals surface area contributed by atoms with E-state index in [1.807, 2.05) is 13.8 Å². The number of sulfonamides is 1. The third kappa shape index (κ3) is 5.14. The van der Waals surface area contributed by atoms with Crippen LogP contribution < -0.4 is 10.0 Å². The lowest BCUT2D eigenvalue weighted by atomic mass is 10.3. The average Bonchev–Trinajstić information content (AvgIpc) is 2.23. The van der Waals surface area contributed by atoms with Gasteiger partial charge < -0.3 is 5.32 Å². The Morgan fingerprint density at radius 3 is 2.67 bits per heavy atom. The van der Waals surface area contributed by atoms with Crippen LogP contribution in [0.3, 0.4) is 0 Å². The molecular weight excluding hydrogens is 340 g/mol. The molecule has 0 radical (unpaired) electrons. The van der Waals surface area contributed by atoms with Crippen LogP contribution in [0.15, 0.2) is 22.7 Å². The fourth-order valence-electron chi connectivity index (χ4n) is 1.28. The third-order valence-electron chi connectivity index (χ3n) is 2.14. The first kappa shape index (κ1) is 15.8. The predicted octanol–water partition coefficient (Wildman–Crippen LogP) is 2.84. The highest BCUT2D eigenvalue weighted by Gasteiger charge is 2.13. The highest BCUT2D eigenvalue weighted by Crippen LogP contribution is 2.30. The molecule has 0 aromatic heterocycles. The average molecular weight is 356 g/mol. The van der Waals surface area contributed by atoms with Gasteiger partial charge in [0.2, 0.25) is 10.0 Å². The van der Waals surface area contributed by atoms with E-state index in [1.54, 1.807) is 18.2 Å². The lowest BCUT2D eigenvalue weighted by molar-refractivity contribution is 0.582. The van der Waals surface area contributed by atoms with E-state index < -0.39 is 10.0 Å². The summed E-state index contributed by atoms with van der Waals surface area (Å²) in [6.45, 7) is 4.34. The molecule has 0 unspecified atom stereocenters. The van der Waals surface area contributed by atoms with Gasteiger partial charge in [0.15, 0.2) is 0 Å². The van der Waals surface area contributed by atoms with E-state index in [0.29, 0.717) is 21.7 Å². The van der Waals surface area contributed by atoms with Crippen LogP contribution in [-0.4, -0.2) is 26.8 Å². The number of halogens is 2. The predicted molar refractivity (Wildman–Crippen MR) is 79.7 cm³/mol. The van der Waals surface area contributed by atoms with Gasteiger partial charge >= 0.3 is 0 Å². The van der Waals surface area contributed by atoms with Crippen molar-refractivity contribution >= 4 is 43.2 Å². The van der Waals surface area contributed by atoms with Crippen LogP contribution in [-0.2, 0) is 10.0 Å². The summed E-state index contributed by atoms with van der Waals surface area (Å²) in [7, 11) is -3.37. The third-order valence-corrected chi connectivity index (χ3v) is 4.81. The van der Waals surface area contributed by atoms with Gasteiger partial charge in [-0.25, -0.2) is 8.42 Å². The highest BCUT2D eigenvalue weighted by molar-refractivity contribution is 9.10. The van der Waals surface area contributed by atoms with Crippen molar-refractivity contribution < 1.29 is 8.42 Å². The molecule has 2 N–H and O–H groups in total. The largest absolute Gasteiger partial charge is 0.313 e. The Morgan fingerprint density at radius 2 is 2.06 bits per heavy atom. The number of rotatable bonds is 6. The summed E-state index contributed by atoms with van der Waals surface area (Å²) in [6, 6.07) is 5.29. The summed E-state index contributed by atoms with van der Waals surface area (Å²) in [5, 5.41) is 3.52. The van der Waals surface area contributed by atoms with Crippen LogP contribution in [0.4, 0.5) is 5.69 Å². The maximum absolute atomic E-state index is 11.8. The molecule has 0 saturated carbocycles. The Balaban J connectivity index is 2.68. The van der Waals surface area contributed by atoms with Gasteiger partial charge in [0.1, 0.15) is 0 Å². The Labute approximate surface area is 121 Å². The second-order valence-electron chi connectivity index (χ2n) is 4.13. The van der Waals surface area contributed by atoms with Crippen LogP contribution in [0, 0.1) is 0 Å². The maximum atomic E-state index is 11.8. The van der Waals surface area contributed by atoms with E-state index in [9.17, 15) is 8.42 Å². The zero-order chi connectivity index (χ0) is 13.8. The standard InChI is InChI=1S/C11H16BrClN2O2S/c1-8(2)14-6-7-18(16,17)15-10-5-3-4-9(13)11(10)12/h3-5,8,14-15H,6-7H2,1-2H3. The molecule has 0 atom stereocenters. The van der Waals surface area contributed by atoms with Crippen LogP contribution in [0.2, 0.25) is 5.02 Å². The second kappa shape index (κ2) is 6.75. The number of hydrogen-bond acceptors (Lipinski definition) is 3. The number of anilines is 1. The zero-order valence-corrected chi connectivity index (χ0v) is 13.4. The fraction of sp³-hybridized carbons (Fsp3) is 0.455. The normalized spacial score (nSPS) is 11.8. The first-order valence-corrected chi connectivity index (χ1v) is 8.32. The quantitative estimate of drug-likeness (QED) is 0.825. The molecule has 0 bridgehead atoms. The zero-order valence-electron chi connectivity index (χ0n) is 10.2. The summed E-state index contributed by atoms with van der Waals surface area (Å²) in [4.78, 5) is 0. The molecule has 0 fully saturated rings. The minimum atomic E-state index is -3.37. The lowest BCUT2D eigenvalue weighted by Gasteiger charge is -2.12. The molecule has 7 heteroatoms. The molecule has 0 aliphatic heterocycles. The van der Waals surface area contributed by atoms with Gasteiger partial charge in [-0.1, -0.05) is 31.5 Å². The molecule has 102 valence electrons. The molecular formula is C11H16BrClN2O2S. The minimum Gasteiger partial charge on any atom is -0.313 e. The monoisotopic (exact) mass is 354 g/mol. The van der Waals surface area contributed by atoms with E-state index in [1.165, 1.54) is 0 Å². The maximum Gasteiger partial charge on any atom is 0.234 e.